The van der Waals surface area contributed by atoms with Gasteiger partial charge in [0.15, 0.2) is 0 Å². The monoisotopic (exact) mass is 413 g/mol. The third kappa shape index (κ3) is 4.83. The molecule has 0 radical (unpaired) electrons. The van der Waals surface area contributed by atoms with Crippen molar-refractivity contribution in [2.24, 2.45) is 5.73 Å². The highest BCUT2D eigenvalue weighted by atomic mass is 35.5. The Bertz CT molecular complexity index is 1040. The van der Waals surface area contributed by atoms with Crippen LogP contribution in [0.3, 0.4) is 0 Å². The molecule has 1 heterocycles. The van der Waals surface area contributed by atoms with Crippen LogP contribution in [0.1, 0.15) is 10.4 Å². The average Bonchev–Trinajstić information content (AvgIpc) is 2.72. The number of hydrogen-bond donors (Lipinski definition) is 5. The van der Waals surface area contributed by atoms with Crippen molar-refractivity contribution in [3.8, 4) is 28.1 Å². The van der Waals surface area contributed by atoms with E-state index in [1.165, 1.54) is 12.1 Å². The van der Waals surface area contributed by atoms with Gasteiger partial charge >= 0.3 is 0 Å². The fraction of sp³-hybridized carbons (Fsp3) is 0.143. The second-order valence-corrected chi connectivity index (χ2v) is 6.83. The first-order valence-electron chi connectivity index (χ1n) is 8.82. The highest BCUT2D eigenvalue weighted by Gasteiger charge is 2.14. The van der Waals surface area contributed by atoms with Crippen LogP contribution < -0.4 is 11.1 Å². The van der Waals surface area contributed by atoms with E-state index in [4.69, 9.17) is 22.4 Å². The van der Waals surface area contributed by atoms with Crippen molar-refractivity contribution in [3.63, 3.8) is 0 Å². The molecule has 0 saturated heterocycles. The number of carbonyl (C=O) groups is 1. The average molecular weight is 414 g/mol. The molecule has 6 N–H and O–H groups in total. The molecule has 0 saturated carbocycles. The van der Waals surface area contributed by atoms with Crippen LogP contribution in [-0.2, 0) is 0 Å². The summed E-state index contributed by atoms with van der Waals surface area (Å²) in [4.78, 5) is 16.1. The molecule has 150 valence electrons. The Kier molecular flexibility index (Phi) is 6.33. The Labute approximate surface area is 172 Å². The number of amides is 1. The van der Waals surface area contributed by atoms with Crippen molar-refractivity contribution in [1.29, 1.82) is 0 Å². The van der Waals surface area contributed by atoms with Crippen LogP contribution in [0.2, 0.25) is 5.02 Å². The van der Waals surface area contributed by atoms with Gasteiger partial charge in [0, 0.05) is 22.7 Å². The van der Waals surface area contributed by atoms with E-state index in [2.05, 4.69) is 10.3 Å². The second-order valence-electron chi connectivity index (χ2n) is 6.42. The minimum absolute atomic E-state index is 0.0161. The van der Waals surface area contributed by atoms with Gasteiger partial charge < -0.3 is 26.4 Å². The van der Waals surface area contributed by atoms with Gasteiger partial charge in [-0.3, -0.25) is 4.79 Å². The summed E-state index contributed by atoms with van der Waals surface area (Å²) in [6, 6.07) is 15.3. The molecule has 0 aliphatic carbocycles. The van der Waals surface area contributed by atoms with Gasteiger partial charge in [-0.25, -0.2) is 4.98 Å². The van der Waals surface area contributed by atoms with Gasteiger partial charge in [-0.2, -0.15) is 0 Å². The highest BCUT2D eigenvalue weighted by Crippen LogP contribution is 2.33. The second kappa shape index (κ2) is 8.91. The van der Waals surface area contributed by atoms with E-state index < -0.39 is 12.0 Å². The molecular weight excluding hydrogens is 394 g/mol. The van der Waals surface area contributed by atoms with Crippen LogP contribution in [0.25, 0.3) is 22.4 Å². The molecule has 29 heavy (non-hydrogen) atoms. The summed E-state index contributed by atoms with van der Waals surface area (Å²) < 4.78 is 0. The van der Waals surface area contributed by atoms with Gasteiger partial charge in [0.1, 0.15) is 11.6 Å². The summed E-state index contributed by atoms with van der Waals surface area (Å²) in [5, 5.41) is 32.0. The maximum absolute atomic E-state index is 11.6. The first-order valence-corrected chi connectivity index (χ1v) is 9.20. The number of carbonyl (C=O) groups excluding carboxylic acids is 1. The molecule has 0 bridgehead atoms. The van der Waals surface area contributed by atoms with E-state index in [-0.39, 0.29) is 24.5 Å². The standard InChI is InChI=1S/C21H20ClN3O4/c22-17-4-2-1-3-15(17)13-8-18(25-20(9-13)24-10-14(27)11-26)12-5-6-19(28)16(7-12)21(23)29/h1-9,14,26-28H,10-11H2,(H2,23,29)(H,24,25). The van der Waals surface area contributed by atoms with Crippen LogP contribution in [-0.4, -0.2) is 45.5 Å². The number of anilines is 1. The van der Waals surface area contributed by atoms with Crippen LogP contribution in [0, 0.1) is 0 Å². The molecule has 1 unspecified atom stereocenters. The van der Waals surface area contributed by atoms with E-state index in [0.29, 0.717) is 22.1 Å². The number of aromatic nitrogens is 1. The molecule has 1 atom stereocenters. The van der Waals surface area contributed by atoms with Gasteiger partial charge in [-0.05, 0) is 42.0 Å². The molecule has 2 aromatic carbocycles. The lowest BCUT2D eigenvalue weighted by atomic mass is 10.0. The lowest BCUT2D eigenvalue weighted by molar-refractivity contribution is 0.0997. The molecule has 0 aliphatic heterocycles. The van der Waals surface area contributed by atoms with Gasteiger partial charge in [0.25, 0.3) is 5.91 Å². The van der Waals surface area contributed by atoms with Crippen LogP contribution >= 0.6 is 11.6 Å². The number of primary amides is 1. The Hall–Kier alpha value is -3.13. The number of aromatic hydroxyl groups is 1. The number of pyridine rings is 1. The van der Waals surface area contributed by atoms with Crippen molar-refractivity contribution >= 4 is 23.3 Å². The summed E-state index contributed by atoms with van der Waals surface area (Å²) in [7, 11) is 0. The summed E-state index contributed by atoms with van der Waals surface area (Å²) in [5.41, 5.74) is 7.92. The van der Waals surface area contributed by atoms with Gasteiger partial charge in [-0.1, -0.05) is 29.8 Å². The molecule has 0 fully saturated rings. The minimum Gasteiger partial charge on any atom is -0.507 e. The predicted molar refractivity (Wildman–Crippen MR) is 112 cm³/mol. The zero-order valence-electron chi connectivity index (χ0n) is 15.3. The zero-order valence-corrected chi connectivity index (χ0v) is 16.1. The summed E-state index contributed by atoms with van der Waals surface area (Å²) in [5.74, 6) is -0.525. The van der Waals surface area contributed by atoms with E-state index in [9.17, 15) is 15.0 Å². The van der Waals surface area contributed by atoms with E-state index in [0.717, 1.165) is 11.1 Å². The number of nitrogens with zero attached hydrogens (tertiary/aromatic N) is 1. The number of phenols is 1. The highest BCUT2D eigenvalue weighted by molar-refractivity contribution is 6.33. The molecule has 1 amide bonds. The third-order valence-electron chi connectivity index (χ3n) is 4.30. The number of aliphatic hydroxyl groups excluding tert-OH is 2. The molecule has 3 rings (SSSR count). The van der Waals surface area contributed by atoms with Gasteiger partial charge in [-0.15, -0.1) is 0 Å². The van der Waals surface area contributed by atoms with E-state index in [1.807, 2.05) is 18.2 Å². The van der Waals surface area contributed by atoms with E-state index in [1.54, 1.807) is 24.3 Å². The number of rotatable bonds is 7. The summed E-state index contributed by atoms with van der Waals surface area (Å²) in [6.45, 7) is -0.291. The number of aliphatic hydroxyl groups is 2. The Morgan fingerprint density at radius 1 is 1.14 bits per heavy atom. The molecular formula is C21H20ClN3O4. The maximum atomic E-state index is 11.6. The first-order chi connectivity index (χ1) is 13.9. The number of benzene rings is 2. The lowest BCUT2D eigenvalue weighted by Gasteiger charge is -2.14. The predicted octanol–water partition coefficient (Wildman–Crippen LogP) is 2.64. The summed E-state index contributed by atoms with van der Waals surface area (Å²) in [6.07, 6.45) is -0.945. The lowest BCUT2D eigenvalue weighted by Crippen LogP contribution is -2.23. The fourth-order valence-electron chi connectivity index (χ4n) is 2.80. The number of nitrogens with one attached hydrogen (secondary N) is 1. The maximum Gasteiger partial charge on any atom is 0.252 e. The molecule has 1 aromatic heterocycles. The SMILES string of the molecule is NC(=O)c1cc(-c2cc(-c3ccccc3Cl)cc(NCC(O)CO)n2)ccc1O. The van der Waals surface area contributed by atoms with Crippen molar-refractivity contribution in [1.82, 2.24) is 4.98 Å². The number of halogens is 1. The van der Waals surface area contributed by atoms with Gasteiger partial charge in [0.2, 0.25) is 0 Å². The van der Waals surface area contributed by atoms with E-state index >= 15 is 0 Å². The molecule has 0 aliphatic rings. The Morgan fingerprint density at radius 3 is 2.59 bits per heavy atom. The number of hydrogen-bond acceptors (Lipinski definition) is 6. The van der Waals surface area contributed by atoms with Crippen molar-refractivity contribution in [2.75, 3.05) is 18.5 Å². The minimum atomic E-state index is -0.945. The molecule has 7 nitrogen and oxygen atoms in total. The quantitative estimate of drug-likeness (QED) is 0.405. The number of nitrogens with two attached hydrogens (primary N) is 1. The zero-order chi connectivity index (χ0) is 21.0. The molecule has 8 heteroatoms. The van der Waals surface area contributed by atoms with Crippen molar-refractivity contribution < 1.29 is 20.1 Å². The summed E-state index contributed by atoms with van der Waals surface area (Å²) >= 11 is 6.34. The fourth-order valence-corrected chi connectivity index (χ4v) is 3.04. The third-order valence-corrected chi connectivity index (χ3v) is 4.63. The smallest absolute Gasteiger partial charge is 0.252 e. The molecule has 0 spiro atoms. The normalized spacial score (nSPS) is 11.8. The Balaban J connectivity index is 2.11. The first kappa shape index (κ1) is 20.6. The van der Waals surface area contributed by atoms with Crippen molar-refractivity contribution in [2.45, 2.75) is 6.10 Å². The van der Waals surface area contributed by atoms with Gasteiger partial charge in [0.05, 0.1) is 24.0 Å². The van der Waals surface area contributed by atoms with Crippen LogP contribution in [0.15, 0.2) is 54.6 Å². The Morgan fingerprint density at radius 2 is 1.90 bits per heavy atom. The van der Waals surface area contributed by atoms with Crippen molar-refractivity contribution in [3.05, 3.63) is 65.2 Å². The van der Waals surface area contributed by atoms with Crippen LogP contribution in [0.4, 0.5) is 5.82 Å². The largest absolute Gasteiger partial charge is 0.507 e. The topological polar surface area (TPSA) is 129 Å². The van der Waals surface area contributed by atoms with Crippen LogP contribution in [0.5, 0.6) is 5.75 Å². The molecule has 3 aromatic rings.